The van der Waals surface area contributed by atoms with E-state index in [1.807, 2.05) is 12.7 Å². The first-order valence-corrected chi connectivity index (χ1v) is 7.76. The monoisotopic (exact) mass is 260 g/mol. The van der Waals surface area contributed by atoms with Crippen LogP contribution < -0.4 is 5.73 Å². The maximum Gasteiger partial charge on any atom is 0.119 e. The third-order valence-electron chi connectivity index (χ3n) is 6.37. The largest absolute Gasteiger partial charge is 0.328 e. The van der Waals surface area contributed by atoms with Gasteiger partial charge in [-0.25, -0.2) is 0 Å². The zero-order valence-electron chi connectivity index (χ0n) is 11.7. The lowest BCUT2D eigenvalue weighted by Crippen LogP contribution is -2.57. The molecule has 1 aromatic heterocycles. The summed E-state index contributed by atoms with van der Waals surface area (Å²) in [5.74, 6) is 4.52. The van der Waals surface area contributed by atoms with Crippen LogP contribution in [0.3, 0.4) is 0 Å². The van der Waals surface area contributed by atoms with E-state index < -0.39 is 0 Å². The second-order valence-electron chi connectivity index (χ2n) is 7.39. The first-order valence-electron chi connectivity index (χ1n) is 7.76. The summed E-state index contributed by atoms with van der Waals surface area (Å²) in [6, 6.07) is 0. The standard InChI is InChI=1S/C15H24N4/c1-15(7-16,19-8-17-18-9-19)14-12-3-10-2-11(5-12)6-13(14)4-10/h8-14H,2-7,16H2,1H3. The maximum absolute atomic E-state index is 6.20. The number of hydrogen-bond donors (Lipinski definition) is 1. The molecule has 0 spiro atoms. The molecule has 0 radical (unpaired) electrons. The molecule has 4 heteroatoms. The van der Waals surface area contributed by atoms with Gasteiger partial charge in [-0.05, 0) is 68.6 Å². The fourth-order valence-electron chi connectivity index (χ4n) is 5.82. The average Bonchev–Trinajstić information content (AvgIpc) is 2.91. The molecule has 4 aliphatic carbocycles. The minimum atomic E-state index is 0.00606. The number of aromatic nitrogens is 3. The Kier molecular flexibility index (Phi) is 2.53. The van der Waals surface area contributed by atoms with E-state index in [0.717, 1.165) is 29.6 Å². The van der Waals surface area contributed by atoms with Gasteiger partial charge in [0.25, 0.3) is 0 Å². The fraction of sp³-hybridized carbons (Fsp3) is 0.867. The van der Waals surface area contributed by atoms with Crippen LogP contribution in [0.25, 0.3) is 0 Å². The summed E-state index contributed by atoms with van der Waals surface area (Å²) < 4.78 is 2.18. The molecule has 1 atom stereocenters. The van der Waals surface area contributed by atoms with Gasteiger partial charge in [-0.2, -0.15) is 0 Å². The van der Waals surface area contributed by atoms with E-state index in [4.69, 9.17) is 5.73 Å². The van der Waals surface area contributed by atoms with Gasteiger partial charge >= 0.3 is 0 Å². The first kappa shape index (κ1) is 11.9. The van der Waals surface area contributed by atoms with Gasteiger partial charge in [0.15, 0.2) is 0 Å². The zero-order valence-corrected chi connectivity index (χ0v) is 11.7. The fourth-order valence-corrected chi connectivity index (χ4v) is 5.82. The normalized spacial score (nSPS) is 43.4. The van der Waals surface area contributed by atoms with Crippen LogP contribution in [0.5, 0.6) is 0 Å². The van der Waals surface area contributed by atoms with Gasteiger partial charge in [-0.15, -0.1) is 10.2 Å². The van der Waals surface area contributed by atoms with Gasteiger partial charge in [-0.1, -0.05) is 0 Å². The molecule has 4 aliphatic rings. The van der Waals surface area contributed by atoms with E-state index in [9.17, 15) is 0 Å². The molecular formula is C15H24N4. The van der Waals surface area contributed by atoms with Crippen molar-refractivity contribution in [3.05, 3.63) is 12.7 Å². The van der Waals surface area contributed by atoms with Gasteiger partial charge in [0.2, 0.25) is 0 Å². The smallest absolute Gasteiger partial charge is 0.119 e. The second-order valence-corrected chi connectivity index (χ2v) is 7.39. The molecule has 4 bridgehead atoms. The van der Waals surface area contributed by atoms with Crippen molar-refractivity contribution in [1.82, 2.24) is 14.8 Å². The lowest BCUT2D eigenvalue weighted by atomic mass is 9.48. The highest BCUT2D eigenvalue weighted by Crippen LogP contribution is 2.60. The van der Waals surface area contributed by atoms with Crippen molar-refractivity contribution in [2.45, 2.75) is 44.6 Å². The van der Waals surface area contributed by atoms with Crippen molar-refractivity contribution in [1.29, 1.82) is 0 Å². The predicted octanol–water partition coefficient (Wildman–Crippen LogP) is 2.02. The third kappa shape index (κ3) is 1.62. The Morgan fingerprint density at radius 2 is 1.58 bits per heavy atom. The van der Waals surface area contributed by atoms with Crippen LogP contribution in [0.2, 0.25) is 0 Å². The Bertz CT molecular complexity index is 427. The number of hydrogen-bond acceptors (Lipinski definition) is 3. The van der Waals surface area contributed by atoms with Gasteiger partial charge in [0, 0.05) is 6.54 Å². The van der Waals surface area contributed by atoms with E-state index in [0.29, 0.717) is 6.54 Å². The molecular weight excluding hydrogens is 236 g/mol. The van der Waals surface area contributed by atoms with Crippen molar-refractivity contribution in [3.63, 3.8) is 0 Å². The lowest BCUT2D eigenvalue weighted by molar-refractivity contribution is -0.0840. The summed E-state index contributed by atoms with van der Waals surface area (Å²) in [6.45, 7) is 3.02. The summed E-state index contributed by atoms with van der Waals surface area (Å²) in [7, 11) is 0. The highest BCUT2D eigenvalue weighted by Gasteiger charge is 2.54. The minimum absolute atomic E-state index is 0.00606. The van der Waals surface area contributed by atoms with Crippen LogP contribution in [-0.4, -0.2) is 21.3 Å². The molecule has 1 aromatic rings. The molecule has 4 saturated carbocycles. The topological polar surface area (TPSA) is 56.7 Å². The van der Waals surface area contributed by atoms with Crippen LogP contribution in [0, 0.1) is 29.6 Å². The molecule has 0 aromatic carbocycles. The van der Waals surface area contributed by atoms with Crippen molar-refractivity contribution in [2.75, 3.05) is 6.54 Å². The predicted molar refractivity (Wildman–Crippen MR) is 73.3 cm³/mol. The quantitative estimate of drug-likeness (QED) is 0.904. The molecule has 5 rings (SSSR count). The molecule has 0 saturated heterocycles. The van der Waals surface area contributed by atoms with Crippen LogP contribution >= 0.6 is 0 Å². The number of rotatable bonds is 3. The summed E-state index contributed by atoms with van der Waals surface area (Å²) in [6.07, 6.45) is 11.0. The molecule has 0 aliphatic heterocycles. The molecule has 19 heavy (non-hydrogen) atoms. The summed E-state index contributed by atoms with van der Waals surface area (Å²) in [5.41, 5.74) is 6.21. The van der Waals surface area contributed by atoms with Gasteiger partial charge in [-0.3, -0.25) is 0 Å². The first-order chi connectivity index (χ1) is 9.20. The van der Waals surface area contributed by atoms with Crippen LogP contribution in [0.1, 0.15) is 39.0 Å². The minimum Gasteiger partial charge on any atom is -0.328 e. The van der Waals surface area contributed by atoms with Crippen LogP contribution in [0.4, 0.5) is 0 Å². The third-order valence-corrected chi connectivity index (χ3v) is 6.37. The number of nitrogens with zero attached hydrogens (tertiary/aromatic N) is 3. The van der Waals surface area contributed by atoms with E-state index >= 15 is 0 Å². The maximum atomic E-state index is 6.20. The zero-order chi connectivity index (χ0) is 13.0. The summed E-state index contributed by atoms with van der Waals surface area (Å²) >= 11 is 0. The molecule has 4 fully saturated rings. The van der Waals surface area contributed by atoms with Gasteiger partial charge < -0.3 is 10.3 Å². The Morgan fingerprint density at radius 3 is 2.05 bits per heavy atom. The van der Waals surface area contributed by atoms with Crippen molar-refractivity contribution in [2.24, 2.45) is 35.3 Å². The second kappa shape index (κ2) is 4.05. The van der Waals surface area contributed by atoms with E-state index in [-0.39, 0.29) is 5.54 Å². The van der Waals surface area contributed by atoms with E-state index in [1.54, 1.807) is 0 Å². The molecule has 1 heterocycles. The molecule has 4 nitrogen and oxygen atoms in total. The van der Waals surface area contributed by atoms with E-state index in [2.05, 4.69) is 21.7 Å². The molecule has 0 amide bonds. The van der Waals surface area contributed by atoms with E-state index in [1.165, 1.54) is 32.1 Å². The Balaban J connectivity index is 1.71. The average molecular weight is 260 g/mol. The number of nitrogens with two attached hydrogens (primary N) is 1. The SMILES string of the molecule is CC(CN)(C1C2CC3CC(C2)CC1C3)n1cnnc1. The summed E-state index contributed by atoms with van der Waals surface area (Å²) in [4.78, 5) is 0. The van der Waals surface area contributed by atoms with Gasteiger partial charge in [0.1, 0.15) is 12.7 Å². The molecule has 2 N–H and O–H groups in total. The van der Waals surface area contributed by atoms with Crippen molar-refractivity contribution in [3.8, 4) is 0 Å². The Labute approximate surface area is 114 Å². The highest BCUT2D eigenvalue weighted by atomic mass is 15.3. The van der Waals surface area contributed by atoms with Crippen molar-refractivity contribution < 1.29 is 0 Å². The van der Waals surface area contributed by atoms with Crippen LogP contribution in [-0.2, 0) is 5.54 Å². The summed E-state index contributed by atoms with van der Waals surface area (Å²) in [5, 5.41) is 8.01. The van der Waals surface area contributed by atoms with Gasteiger partial charge in [0.05, 0.1) is 5.54 Å². The molecule has 104 valence electrons. The van der Waals surface area contributed by atoms with Crippen LogP contribution in [0.15, 0.2) is 12.7 Å². The van der Waals surface area contributed by atoms with Crippen molar-refractivity contribution >= 4 is 0 Å². The Hall–Kier alpha value is -0.900. The lowest BCUT2D eigenvalue weighted by Gasteiger charge is -2.59. The Morgan fingerprint density at radius 1 is 1.05 bits per heavy atom. The molecule has 1 unspecified atom stereocenters. The highest BCUT2D eigenvalue weighted by molar-refractivity contribution is 5.06.